The summed E-state index contributed by atoms with van der Waals surface area (Å²) in [6.07, 6.45) is 0. The van der Waals surface area contributed by atoms with Crippen LogP contribution in [0.5, 0.6) is 5.88 Å². The lowest BCUT2D eigenvalue weighted by molar-refractivity contribution is 0.0879. The maximum absolute atomic E-state index is 11.6. The molecule has 21 heavy (non-hydrogen) atoms. The number of carbonyl (C=O) groups excluding carboxylic acids is 2. The van der Waals surface area contributed by atoms with E-state index in [1.54, 1.807) is 30.3 Å². The standard InChI is InChI=1S/C14H12N4O3/c1-21-11-5-4-10(15)12(17-11)16-7-2-3-8-9(6-7)14(20)18-13(8)19/h2-6H,15H2,1H3,(H,16,17)(H,18,19,20). The Morgan fingerprint density at radius 1 is 1.14 bits per heavy atom. The van der Waals surface area contributed by atoms with Crippen LogP contribution < -0.4 is 21.1 Å². The van der Waals surface area contributed by atoms with E-state index in [2.05, 4.69) is 15.6 Å². The number of pyridine rings is 1. The number of carbonyl (C=O) groups is 2. The van der Waals surface area contributed by atoms with E-state index >= 15 is 0 Å². The normalized spacial score (nSPS) is 12.8. The average molecular weight is 284 g/mol. The number of fused-ring (bicyclic) bond motifs is 1. The molecule has 0 saturated carbocycles. The number of ether oxygens (including phenoxy) is 1. The maximum atomic E-state index is 11.6. The zero-order valence-electron chi connectivity index (χ0n) is 11.1. The van der Waals surface area contributed by atoms with Crippen LogP contribution in [0.2, 0.25) is 0 Å². The number of nitrogens with two attached hydrogens (primary N) is 1. The summed E-state index contributed by atoms with van der Waals surface area (Å²) in [4.78, 5) is 27.3. The fraction of sp³-hybridized carbons (Fsp3) is 0.0714. The highest BCUT2D eigenvalue weighted by Crippen LogP contribution is 2.26. The first kappa shape index (κ1) is 12.9. The van der Waals surface area contributed by atoms with E-state index in [1.807, 2.05) is 0 Å². The van der Waals surface area contributed by atoms with Gasteiger partial charge in [-0.15, -0.1) is 0 Å². The highest BCUT2D eigenvalue weighted by atomic mass is 16.5. The van der Waals surface area contributed by atoms with Crippen LogP contribution >= 0.6 is 0 Å². The molecule has 2 amide bonds. The van der Waals surface area contributed by atoms with E-state index in [0.29, 0.717) is 34.2 Å². The molecule has 0 bridgehead atoms. The molecule has 0 spiro atoms. The van der Waals surface area contributed by atoms with Gasteiger partial charge in [0.15, 0.2) is 5.82 Å². The van der Waals surface area contributed by atoms with Gasteiger partial charge in [-0.3, -0.25) is 14.9 Å². The second kappa shape index (κ2) is 4.78. The molecule has 1 aliphatic rings. The van der Waals surface area contributed by atoms with Crippen LogP contribution in [0.3, 0.4) is 0 Å². The first-order valence-electron chi connectivity index (χ1n) is 6.16. The van der Waals surface area contributed by atoms with E-state index in [-0.39, 0.29) is 5.91 Å². The van der Waals surface area contributed by atoms with Gasteiger partial charge in [-0.25, -0.2) is 0 Å². The summed E-state index contributed by atoms with van der Waals surface area (Å²) in [6.45, 7) is 0. The van der Waals surface area contributed by atoms with Gasteiger partial charge in [-0.2, -0.15) is 4.98 Å². The lowest BCUT2D eigenvalue weighted by atomic mass is 10.1. The first-order valence-corrected chi connectivity index (χ1v) is 6.16. The van der Waals surface area contributed by atoms with Crippen molar-refractivity contribution >= 4 is 29.0 Å². The molecule has 1 aromatic carbocycles. The topological polar surface area (TPSA) is 106 Å². The molecule has 0 unspecified atom stereocenters. The number of benzene rings is 1. The molecule has 0 fully saturated rings. The summed E-state index contributed by atoms with van der Waals surface area (Å²) >= 11 is 0. The summed E-state index contributed by atoms with van der Waals surface area (Å²) in [5.74, 6) is 0.0330. The van der Waals surface area contributed by atoms with Crippen molar-refractivity contribution in [1.29, 1.82) is 0 Å². The van der Waals surface area contributed by atoms with Crippen molar-refractivity contribution in [3.8, 4) is 5.88 Å². The summed E-state index contributed by atoms with van der Waals surface area (Å²) in [5, 5.41) is 5.24. The molecule has 3 rings (SSSR count). The lowest BCUT2D eigenvalue weighted by Crippen LogP contribution is -2.19. The van der Waals surface area contributed by atoms with E-state index in [0.717, 1.165) is 0 Å². The second-order valence-corrected chi connectivity index (χ2v) is 4.46. The van der Waals surface area contributed by atoms with Crippen molar-refractivity contribution < 1.29 is 14.3 Å². The van der Waals surface area contributed by atoms with Crippen LogP contribution in [0, 0.1) is 0 Å². The van der Waals surface area contributed by atoms with Gasteiger partial charge in [0.05, 0.1) is 23.9 Å². The average Bonchev–Trinajstić information content (AvgIpc) is 2.76. The molecule has 2 aromatic rings. The fourth-order valence-electron chi connectivity index (χ4n) is 2.05. The Balaban J connectivity index is 1.95. The molecule has 7 heteroatoms. The second-order valence-electron chi connectivity index (χ2n) is 4.46. The molecular formula is C14H12N4O3. The third-order valence-corrected chi connectivity index (χ3v) is 3.11. The third-order valence-electron chi connectivity index (χ3n) is 3.11. The van der Waals surface area contributed by atoms with Gasteiger partial charge in [-0.05, 0) is 24.3 Å². The number of hydrogen-bond donors (Lipinski definition) is 3. The lowest BCUT2D eigenvalue weighted by Gasteiger charge is -2.10. The van der Waals surface area contributed by atoms with Gasteiger partial charge in [-0.1, -0.05) is 0 Å². The Kier molecular flexibility index (Phi) is 2.94. The predicted octanol–water partition coefficient (Wildman–Crippen LogP) is 1.30. The van der Waals surface area contributed by atoms with Crippen LogP contribution in [0.4, 0.5) is 17.2 Å². The van der Waals surface area contributed by atoms with Gasteiger partial charge in [0.25, 0.3) is 11.8 Å². The van der Waals surface area contributed by atoms with Crippen molar-refractivity contribution in [1.82, 2.24) is 10.3 Å². The minimum Gasteiger partial charge on any atom is -0.481 e. The highest BCUT2D eigenvalue weighted by molar-refractivity contribution is 6.21. The van der Waals surface area contributed by atoms with Crippen molar-refractivity contribution in [2.24, 2.45) is 0 Å². The SMILES string of the molecule is COc1ccc(N)c(Nc2ccc3c(c2)C(=O)NC3=O)n1. The number of nitrogens with one attached hydrogen (secondary N) is 2. The van der Waals surface area contributed by atoms with Crippen LogP contribution in [0.15, 0.2) is 30.3 Å². The monoisotopic (exact) mass is 284 g/mol. The van der Waals surface area contributed by atoms with Crippen LogP contribution in [0.25, 0.3) is 0 Å². The molecule has 4 N–H and O–H groups in total. The Hall–Kier alpha value is -3.09. The number of nitrogen functional groups attached to an aromatic ring is 1. The number of nitrogens with zero attached hydrogens (tertiary/aromatic N) is 1. The van der Waals surface area contributed by atoms with Crippen molar-refractivity contribution in [3.63, 3.8) is 0 Å². The molecule has 1 aliphatic heterocycles. The third kappa shape index (κ3) is 2.25. The number of amides is 2. The maximum Gasteiger partial charge on any atom is 0.259 e. The van der Waals surface area contributed by atoms with Crippen LogP contribution in [0.1, 0.15) is 20.7 Å². The predicted molar refractivity (Wildman–Crippen MR) is 76.7 cm³/mol. The number of methoxy groups -OCH3 is 1. The minimum absolute atomic E-state index is 0.325. The summed E-state index contributed by atoms with van der Waals surface area (Å²) in [7, 11) is 1.51. The summed E-state index contributed by atoms with van der Waals surface area (Å²) < 4.78 is 5.04. The summed E-state index contributed by atoms with van der Waals surface area (Å²) in [5.41, 5.74) is 7.57. The number of hydrogen-bond acceptors (Lipinski definition) is 6. The van der Waals surface area contributed by atoms with Gasteiger partial charge < -0.3 is 15.8 Å². The minimum atomic E-state index is -0.412. The quantitative estimate of drug-likeness (QED) is 0.733. The molecular weight excluding hydrogens is 272 g/mol. The van der Waals surface area contributed by atoms with E-state index in [9.17, 15) is 9.59 Å². The van der Waals surface area contributed by atoms with Crippen LogP contribution in [-0.2, 0) is 0 Å². The Morgan fingerprint density at radius 3 is 2.67 bits per heavy atom. The molecule has 0 atom stereocenters. The van der Waals surface area contributed by atoms with Gasteiger partial charge >= 0.3 is 0 Å². The first-order chi connectivity index (χ1) is 10.1. The van der Waals surface area contributed by atoms with Crippen molar-refractivity contribution in [2.45, 2.75) is 0 Å². The number of rotatable bonds is 3. The number of imide groups is 1. The Labute approximate surface area is 120 Å². The number of anilines is 3. The van der Waals surface area contributed by atoms with Crippen LogP contribution in [-0.4, -0.2) is 23.9 Å². The Bertz CT molecular complexity index is 758. The van der Waals surface area contributed by atoms with Gasteiger partial charge in [0.2, 0.25) is 5.88 Å². The Morgan fingerprint density at radius 2 is 1.90 bits per heavy atom. The molecule has 0 aliphatic carbocycles. The van der Waals surface area contributed by atoms with Crippen molar-refractivity contribution in [3.05, 3.63) is 41.5 Å². The number of aromatic nitrogens is 1. The summed E-state index contributed by atoms with van der Waals surface area (Å²) in [6, 6.07) is 8.15. The zero-order chi connectivity index (χ0) is 15.0. The molecule has 7 nitrogen and oxygen atoms in total. The molecule has 0 saturated heterocycles. The van der Waals surface area contributed by atoms with Gasteiger partial charge in [0.1, 0.15) is 0 Å². The molecule has 2 heterocycles. The van der Waals surface area contributed by atoms with Gasteiger partial charge in [0, 0.05) is 11.8 Å². The molecule has 0 radical (unpaired) electrons. The van der Waals surface area contributed by atoms with E-state index in [1.165, 1.54) is 7.11 Å². The fourth-order valence-corrected chi connectivity index (χ4v) is 2.05. The largest absolute Gasteiger partial charge is 0.481 e. The highest BCUT2D eigenvalue weighted by Gasteiger charge is 2.26. The zero-order valence-corrected chi connectivity index (χ0v) is 11.1. The van der Waals surface area contributed by atoms with E-state index < -0.39 is 5.91 Å². The smallest absolute Gasteiger partial charge is 0.259 e. The van der Waals surface area contributed by atoms with E-state index in [4.69, 9.17) is 10.5 Å². The molecule has 1 aromatic heterocycles. The molecule has 106 valence electrons. The van der Waals surface area contributed by atoms with Crippen molar-refractivity contribution in [2.75, 3.05) is 18.2 Å².